The molecule has 2 atom stereocenters. The van der Waals surface area contributed by atoms with Crippen molar-refractivity contribution in [2.24, 2.45) is 0 Å². The van der Waals surface area contributed by atoms with Crippen molar-refractivity contribution in [2.45, 2.75) is 39.5 Å². The first-order chi connectivity index (χ1) is 8.51. The van der Waals surface area contributed by atoms with E-state index in [2.05, 4.69) is 5.10 Å². The number of nitrogens with zero attached hydrogens (tertiary/aromatic N) is 3. The van der Waals surface area contributed by atoms with Crippen molar-refractivity contribution in [3.8, 4) is 0 Å². The molecule has 0 aromatic carbocycles. The first-order valence-corrected chi connectivity index (χ1v) is 6.56. The first-order valence-electron chi connectivity index (χ1n) is 6.19. The van der Waals surface area contributed by atoms with Crippen molar-refractivity contribution in [1.82, 2.24) is 14.7 Å². The van der Waals surface area contributed by atoms with E-state index in [1.54, 1.807) is 15.8 Å². The summed E-state index contributed by atoms with van der Waals surface area (Å²) >= 11 is 6.05. The summed E-state index contributed by atoms with van der Waals surface area (Å²) in [4.78, 5) is 14.1. The quantitative estimate of drug-likeness (QED) is 0.824. The Balaban J connectivity index is 2.17. The second kappa shape index (κ2) is 5.28. The van der Waals surface area contributed by atoms with Gasteiger partial charge in [-0.25, -0.2) is 0 Å². The Morgan fingerprint density at radius 3 is 2.61 bits per heavy atom. The van der Waals surface area contributed by atoms with Crippen molar-refractivity contribution >= 4 is 17.5 Å². The predicted molar refractivity (Wildman–Crippen MR) is 68.8 cm³/mol. The highest BCUT2D eigenvalue weighted by atomic mass is 35.5. The lowest BCUT2D eigenvalue weighted by Crippen LogP contribution is -2.48. The van der Waals surface area contributed by atoms with Crippen LogP contribution in [0.25, 0.3) is 0 Å². The summed E-state index contributed by atoms with van der Waals surface area (Å²) in [6, 6.07) is 0. The molecule has 1 fully saturated rings. The number of halogens is 1. The van der Waals surface area contributed by atoms with E-state index < -0.39 is 0 Å². The molecule has 0 saturated carbocycles. The number of morpholine rings is 1. The Labute approximate surface area is 112 Å². The van der Waals surface area contributed by atoms with Crippen molar-refractivity contribution in [1.29, 1.82) is 0 Å². The number of ether oxygens (including phenoxy) is 1. The molecular formula is C12H18ClN3O2. The van der Waals surface area contributed by atoms with Crippen LogP contribution in [0.5, 0.6) is 0 Å². The van der Waals surface area contributed by atoms with Crippen LogP contribution < -0.4 is 0 Å². The molecule has 0 aliphatic carbocycles. The molecule has 0 radical (unpaired) electrons. The van der Waals surface area contributed by atoms with Crippen LogP contribution in [-0.4, -0.2) is 45.9 Å². The molecule has 0 spiro atoms. The van der Waals surface area contributed by atoms with E-state index in [1.165, 1.54) is 0 Å². The number of amides is 1. The molecule has 1 aliphatic heterocycles. The molecule has 6 heteroatoms. The summed E-state index contributed by atoms with van der Waals surface area (Å²) in [7, 11) is 0. The molecular weight excluding hydrogens is 254 g/mol. The van der Waals surface area contributed by atoms with E-state index in [9.17, 15) is 4.79 Å². The maximum atomic E-state index is 12.4. The summed E-state index contributed by atoms with van der Waals surface area (Å²) in [5, 5.41) is 4.62. The number of aromatic nitrogens is 2. The van der Waals surface area contributed by atoms with Gasteiger partial charge in [-0.2, -0.15) is 5.10 Å². The summed E-state index contributed by atoms with van der Waals surface area (Å²) in [6.07, 6.45) is 1.77. The van der Waals surface area contributed by atoms with Crippen LogP contribution in [-0.2, 0) is 11.3 Å². The van der Waals surface area contributed by atoms with Crippen molar-refractivity contribution < 1.29 is 9.53 Å². The molecule has 1 aliphatic rings. The summed E-state index contributed by atoms with van der Waals surface area (Å²) in [5.74, 6) is -0.116. The average Bonchev–Trinajstić information content (AvgIpc) is 2.68. The minimum Gasteiger partial charge on any atom is -0.372 e. The van der Waals surface area contributed by atoms with Gasteiger partial charge in [-0.3, -0.25) is 9.48 Å². The minimum atomic E-state index is -0.116. The highest BCUT2D eigenvalue weighted by Crippen LogP contribution is 2.19. The molecule has 1 amide bonds. The van der Waals surface area contributed by atoms with Crippen molar-refractivity contribution in [3.05, 3.63) is 16.9 Å². The van der Waals surface area contributed by atoms with Crippen LogP contribution in [0.2, 0.25) is 5.02 Å². The van der Waals surface area contributed by atoms with Crippen molar-refractivity contribution in [3.63, 3.8) is 0 Å². The molecule has 0 bridgehead atoms. The van der Waals surface area contributed by atoms with Crippen LogP contribution in [0, 0.1) is 0 Å². The number of aryl methyl sites for hydroxylation is 1. The molecule has 2 rings (SSSR count). The normalized spacial score (nSPS) is 24.3. The van der Waals surface area contributed by atoms with Gasteiger partial charge in [0, 0.05) is 25.8 Å². The Morgan fingerprint density at radius 2 is 2.11 bits per heavy atom. The van der Waals surface area contributed by atoms with Gasteiger partial charge >= 0.3 is 0 Å². The third-order valence-electron chi connectivity index (χ3n) is 2.95. The lowest BCUT2D eigenvalue weighted by Gasteiger charge is -2.34. The Kier molecular flexibility index (Phi) is 3.92. The molecule has 100 valence electrons. The number of rotatable bonds is 2. The minimum absolute atomic E-state index is 0.0461. The van der Waals surface area contributed by atoms with E-state index in [0.29, 0.717) is 30.4 Å². The standard InChI is InChI=1S/C12H18ClN3O2/c1-4-16-7-10(13)11(14-16)12(17)15-5-8(2)18-9(3)6-15/h7-9H,4-6H2,1-3H3/t8-,9-/m0/s1. The molecule has 1 aromatic rings. The smallest absolute Gasteiger partial charge is 0.276 e. The third-order valence-corrected chi connectivity index (χ3v) is 3.23. The Morgan fingerprint density at radius 1 is 1.50 bits per heavy atom. The fourth-order valence-corrected chi connectivity index (χ4v) is 2.43. The third kappa shape index (κ3) is 2.67. The molecule has 1 aromatic heterocycles. The van der Waals surface area contributed by atoms with Gasteiger partial charge in [0.25, 0.3) is 5.91 Å². The maximum Gasteiger partial charge on any atom is 0.276 e. The predicted octanol–water partition coefficient (Wildman–Crippen LogP) is 1.81. The molecule has 18 heavy (non-hydrogen) atoms. The highest BCUT2D eigenvalue weighted by molar-refractivity contribution is 6.33. The van der Waals surface area contributed by atoms with Crippen molar-refractivity contribution in [2.75, 3.05) is 13.1 Å². The van der Waals surface area contributed by atoms with Gasteiger partial charge in [0.05, 0.1) is 17.2 Å². The number of hydrogen-bond acceptors (Lipinski definition) is 3. The summed E-state index contributed by atoms with van der Waals surface area (Å²) in [6.45, 7) is 7.74. The van der Waals surface area contributed by atoms with E-state index in [-0.39, 0.29) is 18.1 Å². The van der Waals surface area contributed by atoms with Gasteiger partial charge in [0.15, 0.2) is 5.69 Å². The van der Waals surface area contributed by atoms with E-state index >= 15 is 0 Å². The average molecular weight is 272 g/mol. The SMILES string of the molecule is CCn1cc(Cl)c(C(=O)N2C[C@H](C)O[C@@H](C)C2)n1. The fraction of sp³-hybridized carbons (Fsp3) is 0.667. The zero-order valence-electron chi connectivity index (χ0n) is 10.9. The van der Waals surface area contributed by atoms with E-state index in [4.69, 9.17) is 16.3 Å². The lowest BCUT2D eigenvalue weighted by molar-refractivity contribution is -0.0587. The van der Waals surface area contributed by atoms with Crippen LogP contribution in [0.15, 0.2) is 6.20 Å². The lowest BCUT2D eigenvalue weighted by atomic mass is 10.2. The second-order valence-corrected chi connectivity index (χ2v) is 5.06. The number of carbonyl (C=O) groups is 1. The number of hydrogen-bond donors (Lipinski definition) is 0. The Hall–Kier alpha value is -1.07. The molecule has 2 heterocycles. The highest BCUT2D eigenvalue weighted by Gasteiger charge is 2.29. The fourth-order valence-electron chi connectivity index (χ4n) is 2.20. The Bertz CT molecular complexity index is 437. The van der Waals surface area contributed by atoms with Gasteiger partial charge in [0.1, 0.15) is 0 Å². The van der Waals surface area contributed by atoms with Crippen LogP contribution in [0.4, 0.5) is 0 Å². The van der Waals surface area contributed by atoms with Gasteiger partial charge in [-0.15, -0.1) is 0 Å². The topological polar surface area (TPSA) is 47.4 Å². The second-order valence-electron chi connectivity index (χ2n) is 4.65. The molecule has 1 saturated heterocycles. The van der Waals surface area contributed by atoms with Gasteiger partial charge in [0.2, 0.25) is 0 Å². The number of carbonyl (C=O) groups excluding carboxylic acids is 1. The van der Waals surface area contributed by atoms with E-state index in [1.807, 2.05) is 20.8 Å². The molecule has 5 nitrogen and oxygen atoms in total. The largest absolute Gasteiger partial charge is 0.372 e. The monoisotopic (exact) mass is 271 g/mol. The van der Waals surface area contributed by atoms with Crippen LogP contribution in [0.3, 0.4) is 0 Å². The molecule has 0 unspecified atom stereocenters. The zero-order valence-corrected chi connectivity index (χ0v) is 11.6. The summed E-state index contributed by atoms with van der Waals surface area (Å²) < 4.78 is 7.28. The summed E-state index contributed by atoms with van der Waals surface area (Å²) in [5.41, 5.74) is 0.333. The first kappa shape index (κ1) is 13.4. The maximum absolute atomic E-state index is 12.4. The van der Waals surface area contributed by atoms with Crippen LogP contribution >= 0.6 is 11.6 Å². The molecule has 0 N–H and O–H groups in total. The van der Waals surface area contributed by atoms with Gasteiger partial charge < -0.3 is 9.64 Å². The van der Waals surface area contributed by atoms with Crippen LogP contribution in [0.1, 0.15) is 31.3 Å². The van der Waals surface area contributed by atoms with Gasteiger partial charge in [-0.05, 0) is 20.8 Å². The zero-order chi connectivity index (χ0) is 13.3. The van der Waals surface area contributed by atoms with Gasteiger partial charge in [-0.1, -0.05) is 11.6 Å². The van der Waals surface area contributed by atoms with E-state index in [0.717, 1.165) is 0 Å².